The molecule has 0 aromatic rings. The summed E-state index contributed by atoms with van der Waals surface area (Å²) < 4.78 is 53.2. The van der Waals surface area contributed by atoms with Crippen LogP contribution in [0.1, 0.15) is 96.8 Å². The molecule has 8 aliphatic heterocycles. The Kier molecular flexibility index (Phi) is 11.6. The molecule has 8 aliphatic rings. The number of ether oxygens (including phenoxy) is 8. The van der Waals surface area contributed by atoms with E-state index in [1.807, 2.05) is 0 Å². The summed E-state index contributed by atoms with van der Waals surface area (Å²) >= 11 is 0. The number of fused-ring (bicyclic) bond motifs is 9. The number of hydrogen-bond acceptors (Lipinski definition) is 12. The zero-order valence-corrected chi connectivity index (χ0v) is 31.6. The lowest BCUT2D eigenvalue weighted by molar-refractivity contribution is -0.292. The van der Waals surface area contributed by atoms with Gasteiger partial charge in [0.15, 0.2) is 5.79 Å². The third-order valence-corrected chi connectivity index (χ3v) is 14.0. The molecule has 0 aliphatic carbocycles. The summed E-state index contributed by atoms with van der Waals surface area (Å²) in [7, 11) is 1.62. The first-order chi connectivity index (χ1) is 25.6. The van der Waals surface area contributed by atoms with Crippen molar-refractivity contribution >= 4 is 5.78 Å². The molecule has 3 N–H and O–H groups in total. The second-order valence-electron chi connectivity index (χ2n) is 17.5. The molecule has 53 heavy (non-hydrogen) atoms. The van der Waals surface area contributed by atoms with Crippen LogP contribution in [-0.2, 0) is 42.7 Å². The average molecular weight is 747 g/mol. The van der Waals surface area contributed by atoms with Crippen LogP contribution in [0.15, 0.2) is 24.3 Å². The normalized spacial score (nSPS) is 49.6. The van der Waals surface area contributed by atoms with E-state index in [1.165, 1.54) is 0 Å². The van der Waals surface area contributed by atoms with Gasteiger partial charge in [0.2, 0.25) is 0 Å². The van der Waals surface area contributed by atoms with Gasteiger partial charge in [0.1, 0.15) is 11.9 Å². The third-order valence-electron chi connectivity index (χ3n) is 14.0. The number of aliphatic hydroxyl groups excluding tert-OH is 3. The van der Waals surface area contributed by atoms with Crippen LogP contribution in [0, 0.1) is 17.8 Å². The van der Waals surface area contributed by atoms with Gasteiger partial charge in [-0.3, -0.25) is 4.79 Å². The Balaban J connectivity index is 1.07. The summed E-state index contributed by atoms with van der Waals surface area (Å²) in [5, 5.41) is 30.7. The molecule has 8 heterocycles. The number of Topliss-reactive ketones (excluding diaryl/α,β-unsaturated/α-hetero) is 1. The molecule has 12 heteroatoms. The number of aliphatic hydroxyl groups is 3. The van der Waals surface area contributed by atoms with Gasteiger partial charge in [-0.2, -0.15) is 0 Å². The molecule has 8 rings (SSSR count). The van der Waals surface area contributed by atoms with Crippen molar-refractivity contribution in [3.8, 4) is 0 Å². The fourth-order valence-corrected chi connectivity index (χ4v) is 11.1. The Hall–Kier alpha value is -1.29. The molecule has 0 radical (unpaired) electrons. The fraction of sp³-hybridized carbons (Fsp3) is 0.878. The predicted octanol–water partition coefficient (Wildman–Crippen LogP) is 3.70. The van der Waals surface area contributed by atoms with Crippen LogP contribution >= 0.6 is 0 Å². The summed E-state index contributed by atoms with van der Waals surface area (Å²) in [5.41, 5.74) is 2.13. The summed E-state index contributed by atoms with van der Waals surface area (Å²) in [4.78, 5) is 14.0. The SMILES string of the molecule is C=C1CC2CCC34OC(CC3CO)C3CC(O4)C4OC(CCC4O3)CC(=O)CC3C(CC4OC(CCC1O2)CC(C)C4=C)OC(CC(O)CO)C3OC. The molecule has 1 spiro atoms. The van der Waals surface area contributed by atoms with Crippen LogP contribution in [0.3, 0.4) is 0 Å². The first-order valence-corrected chi connectivity index (χ1v) is 20.5. The highest BCUT2D eigenvalue weighted by atomic mass is 16.7. The van der Waals surface area contributed by atoms with Crippen molar-refractivity contribution < 1.29 is 58.0 Å². The summed E-state index contributed by atoms with van der Waals surface area (Å²) in [6.45, 7) is 10.6. The minimum atomic E-state index is -0.959. The lowest BCUT2D eigenvalue weighted by atomic mass is 9.81. The largest absolute Gasteiger partial charge is 0.396 e. The van der Waals surface area contributed by atoms with E-state index in [1.54, 1.807) is 7.11 Å². The summed E-state index contributed by atoms with van der Waals surface area (Å²) in [5.74, 6) is -1.10. The second-order valence-corrected chi connectivity index (χ2v) is 17.5. The zero-order chi connectivity index (χ0) is 37.0. The monoisotopic (exact) mass is 746 g/mol. The van der Waals surface area contributed by atoms with E-state index in [9.17, 15) is 20.1 Å². The maximum absolute atomic E-state index is 14.0. The Morgan fingerprint density at radius 1 is 0.792 bits per heavy atom. The van der Waals surface area contributed by atoms with Gasteiger partial charge < -0.3 is 53.2 Å². The maximum Gasteiger partial charge on any atom is 0.174 e. The van der Waals surface area contributed by atoms with Crippen LogP contribution in [0.2, 0.25) is 0 Å². The van der Waals surface area contributed by atoms with E-state index in [-0.39, 0.29) is 123 Å². The van der Waals surface area contributed by atoms with E-state index in [0.717, 1.165) is 49.7 Å². The van der Waals surface area contributed by atoms with Crippen molar-refractivity contribution in [2.24, 2.45) is 17.8 Å². The van der Waals surface area contributed by atoms with E-state index in [4.69, 9.17) is 37.9 Å². The van der Waals surface area contributed by atoms with E-state index in [2.05, 4.69) is 20.1 Å². The Bertz CT molecular complexity index is 1340. The molecule has 0 saturated carbocycles. The number of ketones is 1. The van der Waals surface area contributed by atoms with Crippen molar-refractivity contribution in [1.82, 2.24) is 0 Å². The molecule has 8 fully saturated rings. The summed E-state index contributed by atoms with van der Waals surface area (Å²) in [6, 6.07) is 0. The number of hydrogen-bond donors (Lipinski definition) is 3. The molecular formula is C41H62O12. The van der Waals surface area contributed by atoms with Crippen LogP contribution < -0.4 is 0 Å². The lowest BCUT2D eigenvalue weighted by Crippen LogP contribution is -2.57. The van der Waals surface area contributed by atoms with E-state index >= 15 is 0 Å². The van der Waals surface area contributed by atoms with Gasteiger partial charge in [-0.05, 0) is 68.4 Å². The number of rotatable bonds is 5. The second kappa shape index (κ2) is 15.9. The topological polar surface area (TPSA) is 152 Å². The van der Waals surface area contributed by atoms with Gasteiger partial charge >= 0.3 is 0 Å². The van der Waals surface area contributed by atoms with Gasteiger partial charge in [-0.25, -0.2) is 0 Å². The van der Waals surface area contributed by atoms with Gasteiger partial charge in [0, 0.05) is 57.5 Å². The fourth-order valence-electron chi connectivity index (χ4n) is 11.1. The molecule has 12 nitrogen and oxygen atoms in total. The number of methoxy groups -OCH3 is 1. The highest BCUT2D eigenvalue weighted by molar-refractivity contribution is 5.79. The van der Waals surface area contributed by atoms with Gasteiger partial charge in [-0.1, -0.05) is 20.1 Å². The minimum Gasteiger partial charge on any atom is -0.396 e. The van der Waals surface area contributed by atoms with Gasteiger partial charge in [0.05, 0.1) is 92.6 Å². The highest BCUT2D eigenvalue weighted by Gasteiger charge is 2.60. The molecular weight excluding hydrogens is 684 g/mol. The van der Waals surface area contributed by atoms with Crippen molar-refractivity contribution in [3.63, 3.8) is 0 Å². The maximum atomic E-state index is 14.0. The van der Waals surface area contributed by atoms with Crippen molar-refractivity contribution in [3.05, 3.63) is 24.3 Å². The van der Waals surface area contributed by atoms with Crippen molar-refractivity contribution in [2.45, 2.75) is 188 Å². The average Bonchev–Trinajstić information content (AvgIpc) is 3.76. The minimum absolute atomic E-state index is 0.00901. The van der Waals surface area contributed by atoms with Crippen LogP contribution in [-0.4, -0.2) is 133 Å². The van der Waals surface area contributed by atoms with E-state index in [0.29, 0.717) is 32.1 Å². The van der Waals surface area contributed by atoms with Crippen molar-refractivity contribution in [1.29, 1.82) is 0 Å². The number of carbonyl (C=O) groups excluding carboxylic acids is 1. The summed E-state index contributed by atoms with van der Waals surface area (Å²) in [6.07, 6.45) is 4.69. The first kappa shape index (κ1) is 38.6. The molecule has 298 valence electrons. The molecule has 0 aromatic carbocycles. The number of carbonyl (C=O) groups is 1. The highest BCUT2D eigenvalue weighted by Crippen LogP contribution is 2.51. The molecule has 18 atom stereocenters. The molecule has 10 bridgehead atoms. The quantitative estimate of drug-likeness (QED) is 0.352. The molecule has 0 aromatic heterocycles. The molecule has 0 amide bonds. The third kappa shape index (κ3) is 7.74. The standard InChI is InChI=1S/C41H62O12/c1-21-11-27-5-7-31-22(2)12-29(47-31)9-10-41-24(19-42)13-36(52-41)35-18-38(53-41)40-32(50-35)8-6-28(49-40)14-25(44)15-30-34(17-33(48-27)23(21)3)51-37(39(30)46-4)16-26(45)20-43/h21,24,26-40,42-43,45H,2-3,5-20H2,1,4H3. The Morgan fingerprint density at radius 2 is 1.57 bits per heavy atom. The van der Waals surface area contributed by atoms with Gasteiger partial charge in [-0.15, -0.1) is 0 Å². The zero-order valence-electron chi connectivity index (χ0n) is 31.6. The molecule has 8 saturated heterocycles. The van der Waals surface area contributed by atoms with Crippen LogP contribution in [0.4, 0.5) is 0 Å². The van der Waals surface area contributed by atoms with E-state index < -0.39 is 24.1 Å². The Labute approximate surface area is 313 Å². The first-order valence-electron chi connectivity index (χ1n) is 20.5. The van der Waals surface area contributed by atoms with Crippen LogP contribution in [0.5, 0.6) is 0 Å². The Morgan fingerprint density at radius 3 is 2.36 bits per heavy atom. The van der Waals surface area contributed by atoms with Crippen LogP contribution in [0.25, 0.3) is 0 Å². The predicted molar refractivity (Wildman–Crippen MR) is 191 cm³/mol. The lowest BCUT2D eigenvalue weighted by Gasteiger charge is -2.48. The van der Waals surface area contributed by atoms with Crippen molar-refractivity contribution in [2.75, 3.05) is 20.3 Å². The van der Waals surface area contributed by atoms with Gasteiger partial charge in [0.25, 0.3) is 0 Å². The smallest absolute Gasteiger partial charge is 0.174 e. The molecule has 18 unspecified atom stereocenters.